The molecule has 1 N–H and O–H groups in total. The van der Waals surface area contributed by atoms with Crippen LogP contribution in [0.4, 0.5) is 13.2 Å². The highest BCUT2D eigenvalue weighted by Crippen LogP contribution is 2.32. The highest BCUT2D eigenvalue weighted by atomic mass is 19.4. The molecule has 30 heavy (non-hydrogen) atoms. The van der Waals surface area contributed by atoms with Gasteiger partial charge in [0.15, 0.2) is 0 Å². The second-order valence-electron chi connectivity index (χ2n) is 8.55. The lowest BCUT2D eigenvalue weighted by Gasteiger charge is -2.34. The molecule has 2 aliphatic heterocycles. The van der Waals surface area contributed by atoms with Crippen molar-refractivity contribution in [1.82, 2.24) is 15.0 Å². The Hall–Kier alpha value is -2.10. The zero-order valence-electron chi connectivity index (χ0n) is 17.8. The zero-order valence-corrected chi connectivity index (χ0v) is 17.8. The normalized spacial score (nSPS) is 21.9. The van der Waals surface area contributed by atoms with Gasteiger partial charge in [-0.3, -0.25) is 9.69 Å². The van der Waals surface area contributed by atoms with Crippen LogP contribution in [-0.4, -0.2) is 64.3 Å². The first-order chi connectivity index (χ1) is 13.9. The molecule has 10 heteroatoms. The van der Waals surface area contributed by atoms with Gasteiger partial charge in [0.25, 0.3) is 0 Å². The van der Waals surface area contributed by atoms with Gasteiger partial charge >= 0.3 is 12.1 Å². The van der Waals surface area contributed by atoms with Crippen LogP contribution in [0.3, 0.4) is 0 Å². The number of carbonyl (C=O) groups excluding carboxylic acids is 1. The lowest BCUT2D eigenvalue weighted by molar-refractivity contribution is -0.192. The average molecular weight is 433 g/mol. The van der Waals surface area contributed by atoms with Crippen molar-refractivity contribution in [1.29, 1.82) is 0 Å². The topological polar surface area (TPSA) is 86.9 Å². The summed E-state index contributed by atoms with van der Waals surface area (Å²) in [5.41, 5.74) is 2.24. The van der Waals surface area contributed by atoms with Gasteiger partial charge in [0, 0.05) is 38.2 Å². The number of carboxylic acids is 1. The summed E-state index contributed by atoms with van der Waals surface area (Å²) >= 11 is 0. The second-order valence-corrected chi connectivity index (χ2v) is 8.55. The van der Waals surface area contributed by atoms with E-state index in [0.29, 0.717) is 30.1 Å². The lowest BCUT2D eigenvalue weighted by atomic mass is 9.88. The van der Waals surface area contributed by atoms with Gasteiger partial charge in [0.1, 0.15) is 5.76 Å². The summed E-state index contributed by atoms with van der Waals surface area (Å²) in [6, 6.07) is 0. The van der Waals surface area contributed by atoms with Gasteiger partial charge in [-0.1, -0.05) is 19.0 Å². The molecule has 2 saturated heterocycles. The second kappa shape index (κ2) is 9.80. The SMILES string of the molecule is Cc1noc(C)c1CN1CC[C@H]2CN(C(=O)CC(C)C)C[C@H]2C1.O=C(O)C(F)(F)F. The highest BCUT2D eigenvalue weighted by molar-refractivity contribution is 5.76. The van der Waals surface area contributed by atoms with Gasteiger partial charge in [0.2, 0.25) is 5.91 Å². The Morgan fingerprint density at radius 1 is 1.20 bits per heavy atom. The minimum Gasteiger partial charge on any atom is -0.475 e. The van der Waals surface area contributed by atoms with Crippen LogP contribution in [0.1, 0.15) is 43.7 Å². The average Bonchev–Trinajstić information content (AvgIpc) is 3.19. The molecule has 0 bridgehead atoms. The van der Waals surface area contributed by atoms with Crippen molar-refractivity contribution in [2.75, 3.05) is 26.2 Å². The smallest absolute Gasteiger partial charge is 0.475 e. The molecule has 170 valence electrons. The fourth-order valence-corrected chi connectivity index (χ4v) is 4.02. The third-order valence-corrected chi connectivity index (χ3v) is 5.63. The molecule has 1 aromatic rings. The number of carboxylic acid groups (broad SMARTS) is 1. The molecule has 3 rings (SSSR count). The molecule has 2 aliphatic rings. The summed E-state index contributed by atoms with van der Waals surface area (Å²) in [6.45, 7) is 13.3. The van der Waals surface area contributed by atoms with Crippen molar-refractivity contribution in [3.05, 3.63) is 17.0 Å². The number of likely N-dealkylation sites (tertiary alicyclic amines) is 2. The van der Waals surface area contributed by atoms with Crippen molar-refractivity contribution in [3.63, 3.8) is 0 Å². The van der Waals surface area contributed by atoms with Crippen molar-refractivity contribution in [2.45, 2.75) is 53.3 Å². The Balaban J connectivity index is 0.000000396. The van der Waals surface area contributed by atoms with E-state index in [9.17, 15) is 18.0 Å². The fourth-order valence-electron chi connectivity index (χ4n) is 4.02. The van der Waals surface area contributed by atoms with Crippen molar-refractivity contribution in [2.24, 2.45) is 17.8 Å². The van der Waals surface area contributed by atoms with Crippen LogP contribution in [0.2, 0.25) is 0 Å². The number of fused-ring (bicyclic) bond motifs is 1. The maximum absolute atomic E-state index is 12.3. The van der Waals surface area contributed by atoms with Crippen LogP contribution in [0, 0.1) is 31.6 Å². The molecule has 7 nitrogen and oxygen atoms in total. The number of hydrogen-bond acceptors (Lipinski definition) is 5. The van der Waals surface area contributed by atoms with E-state index in [1.54, 1.807) is 0 Å². The summed E-state index contributed by atoms with van der Waals surface area (Å²) in [5, 5.41) is 11.2. The van der Waals surface area contributed by atoms with Crippen LogP contribution in [-0.2, 0) is 16.1 Å². The Morgan fingerprint density at radius 3 is 2.30 bits per heavy atom. The van der Waals surface area contributed by atoms with Gasteiger partial charge in [-0.25, -0.2) is 4.79 Å². The third kappa shape index (κ3) is 6.45. The summed E-state index contributed by atoms with van der Waals surface area (Å²) in [5.74, 6) is 0.275. The summed E-state index contributed by atoms with van der Waals surface area (Å²) in [6.07, 6.45) is -3.21. The number of rotatable bonds is 4. The molecule has 0 saturated carbocycles. The van der Waals surface area contributed by atoms with Gasteiger partial charge in [0.05, 0.1) is 5.69 Å². The number of piperidine rings is 1. The standard InChI is InChI=1S/C18H29N3O2.C2HF3O2/c1-12(2)7-18(22)21-9-15-5-6-20(8-16(15)10-21)11-17-13(3)19-23-14(17)4;3-2(4,5)1(6)7/h12,15-16H,5-11H2,1-4H3;(H,6,7)/t15-,16+;/m0./s1. The summed E-state index contributed by atoms with van der Waals surface area (Å²) in [4.78, 5) is 25.8. The number of aryl methyl sites for hydroxylation is 2. The largest absolute Gasteiger partial charge is 0.490 e. The fraction of sp³-hybridized carbons (Fsp3) is 0.750. The van der Waals surface area contributed by atoms with E-state index in [0.717, 1.165) is 44.2 Å². The Bertz CT molecular complexity index is 729. The Morgan fingerprint density at radius 2 is 1.80 bits per heavy atom. The molecule has 0 aromatic carbocycles. The van der Waals surface area contributed by atoms with Crippen molar-refractivity contribution < 1.29 is 32.4 Å². The van der Waals surface area contributed by atoms with E-state index < -0.39 is 12.1 Å². The van der Waals surface area contributed by atoms with Gasteiger partial charge in [-0.05, 0) is 44.6 Å². The van der Waals surface area contributed by atoms with Gasteiger partial charge in [-0.15, -0.1) is 0 Å². The van der Waals surface area contributed by atoms with E-state index in [1.807, 2.05) is 13.8 Å². The third-order valence-electron chi connectivity index (χ3n) is 5.63. The first kappa shape index (κ1) is 24.2. The number of nitrogens with zero attached hydrogens (tertiary/aromatic N) is 3. The summed E-state index contributed by atoms with van der Waals surface area (Å²) in [7, 11) is 0. The van der Waals surface area contributed by atoms with E-state index in [1.165, 1.54) is 12.0 Å². The number of amides is 1. The van der Waals surface area contributed by atoms with Gasteiger partial charge < -0.3 is 14.5 Å². The van der Waals surface area contributed by atoms with Crippen LogP contribution < -0.4 is 0 Å². The lowest BCUT2D eigenvalue weighted by Crippen LogP contribution is -2.39. The van der Waals surface area contributed by atoms with Crippen molar-refractivity contribution >= 4 is 11.9 Å². The molecular weight excluding hydrogens is 403 g/mol. The molecule has 0 spiro atoms. The zero-order chi connectivity index (χ0) is 22.6. The number of alkyl halides is 3. The molecule has 2 atom stereocenters. The van der Waals surface area contributed by atoms with Crippen molar-refractivity contribution in [3.8, 4) is 0 Å². The molecule has 3 heterocycles. The first-order valence-corrected chi connectivity index (χ1v) is 10.1. The molecule has 0 unspecified atom stereocenters. The monoisotopic (exact) mass is 433 g/mol. The molecule has 0 aliphatic carbocycles. The predicted molar refractivity (Wildman–Crippen MR) is 103 cm³/mol. The maximum atomic E-state index is 12.3. The van der Waals surface area contributed by atoms with E-state index in [4.69, 9.17) is 14.4 Å². The number of aromatic nitrogens is 1. The molecular formula is C20H30F3N3O4. The Kier molecular flexibility index (Phi) is 7.90. The molecule has 0 radical (unpaired) electrons. The number of carbonyl (C=O) groups is 2. The minimum absolute atomic E-state index is 0.340. The Labute approximate surface area is 174 Å². The summed E-state index contributed by atoms with van der Waals surface area (Å²) < 4.78 is 37.0. The highest BCUT2D eigenvalue weighted by Gasteiger charge is 2.39. The quantitative estimate of drug-likeness (QED) is 0.785. The number of halogens is 3. The maximum Gasteiger partial charge on any atom is 0.490 e. The van der Waals surface area contributed by atoms with Crippen LogP contribution in [0.25, 0.3) is 0 Å². The first-order valence-electron chi connectivity index (χ1n) is 10.1. The van der Waals surface area contributed by atoms with E-state index in [2.05, 4.69) is 28.8 Å². The van der Waals surface area contributed by atoms with Crippen LogP contribution in [0.15, 0.2) is 4.52 Å². The van der Waals surface area contributed by atoms with E-state index in [-0.39, 0.29) is 0 Å². The molecule has 2 fully saturated rings. The van der Waals surface area contributed by atoms with Crippen LogP contribution >= 0.6 is 0 Å². The molecule has 1 amide bonds. The number of aliphatic carboxylic acids is 1. The molecule has 1 aromatic heterocycles. The van der Waals surface area contributed by atoms with E-state index >= 15 is 0 Å². The minimum atomic E-state index is -5.08. The van der Waals surface area contributed by atoms with Gasteiger partial charge in [-0.2, -0.15) is 13.2 Å². The number of hydrogen-bond donors (Lipinski definition) is 1. The predicted octanol–water partition coefficient (Wildman–Crippen LogP) is 3.25. The van der Waals surface area contributed by atoms with Crippen LogP contribution in [0.5, 0.6) is 0 Å².